The number of aliphatic hydroxyl groups is 1. The Balaban J connectivity index is 2.67. The number of azide groups is 1. The smallest absolute Gasteiger partial charge is 0.164 e. The van der Waals surface area contributed by atoms with Crippen molar-refractivity contribution in [2.45, 2.75) is 37.9 Å². The predicted octanol–water partition coefficient (Wildman–Crippen LogP) is 0.377. The molecule has 0 saturated carbocycles. The molecule has 3 atom stereocenters. The first-order valence-electron chi connectivity index (χ1n) is 4.50. The first kappa shape index (κ1) is 11.9. The normalized spacial score (nSPS) is 30.6. The summed E-state index contributed by atoms with van der Waals surface area (Å²) in [6.45, 7) is 3.14. The molecule has 0 aromatic carbocycles. The molecule has 1 heterocycles. The highest BCUT2D eigenvalue weighted by molar-refractivity contribution is 5.58. The molecule has 0 aliphatic carbocycles. The third-order valence-electron chi connectivity index (χ3n) is 2.01. The molecule has 84 valence electrons. The summed E-state index contributed by atoms with van der Waals surface area (Å²) in [4.78, 5) is 13.2. The zero-order chi connectivity index (χ0) is 11.5. The van der Waals surface area contributed by atoms with Crippen molar-refractivity contribution in [2.24, 2.45) is 5.11 Å². The Morgan fingerprint density at radius 2 is 2.33 bits per heavy atom. The summed E-state index contributed by atoms with van der Waals surface area (Å²) in [7, 11) is 0. The van der Waals surface area contributed by atoms with Gasteiger partial charge >= 0.3 is 0 Å². The first-order chi connectivity index (χ1) is 7.00. The van der Waals surface area contributed by atoms with Crippen LogP contribution in [0.2, 0.25) is 0 Å². The Morgan fingerprint density at radius 1 is 1.67 bits per heavy atom. The molecule has 0 bridgehead atoms. The molecule has 0 amide bonds. The summed E-state index contributed by atoms with van der Waals surface area (Å²) in [5.41, 5.74) is 8.09. The van der Waals surface area contributed by atoms with Gasteiger partial charge in [0, 0.05) is 4.91 Å². The Kier molecular flexibility index (Phi) is 3.65. The number of ether oxygens (including phenoxy) is 2. The van der Waals surface area contributed by atoms with Gasteiger partial charge in [0.25, 0.3) is 0 Å². The summed E-state index contributed by atoms with van der Waals surface area (Å²) in [6.07, 6.45) is -2.09. The van der Waals surface area contributed by atoms with Gasteiger partial charge in [-0.3, -0.25) is 0 Å². The second-order valence-corrected chi connectivity index (χ2v) is 3.68. The summed E-state index contributed by atoms with van der Waals surface area (Å²) < 4.78 is 10.6. The van der Waals surface area contributed by atoms with E-state index >= 15 is 0 Å². The summed E-state index contributed by atoms with van der Waals surface area (Å²) in [5, 5.41) is 12.8. The Bertz CT molecular complexity index is 288. The number of nitrogens with zero attached hydrogens (tertiary/aromatic N) is 3. The predicted molar refractivity (Wildman–Crippen MR) is 49.9 cm³/mol. The molecule has 0 aromatic rings. The molecule has 1 saturated heterocycles. The van der Waals surface area contributed by atoms with Crippen LogP contribution in [-0.4, -0.2) is 42.0 Å². The monoisotopic (exact) mass is 215 g/mol. The van der Waals surface area contributed by atoms with Gasteiger partial charge in [-0.1, -0.05) is 5.11 Å². The largest absolute Gasteiger partial charge is 0.390 e. The van der Waals surface area contributed by atoms with Gasteiger partial charge in [-0.05, 0) is 19.4 Å². The van der Waals surface area contributed by atoms with Gasteiger partial charge in [0.15, 0.2) is 12.1 Å². The number of aliphatic hydroxyl groups excluding tert-OH is 1. The van der Waals surface area contributed by atoms with E-state index in [0.717, 1.165) is 0 Å². The van der Waals surface area contributed by atoms with Crippen LogP contribution >= 0.6 is 0 Å². The van der Waals surface area contributed by atoms with Crippen LogP contribution < -0.4 is 0 Å². The minimum Gasteiger partial charge on any atom is -0.390 e. The molecule has 1 N–H and O–H groups in total. The van der Waals surface area contributed by atoms with E-state index in [0.29, 0.717) is 6.29 Å². The lowest BCUT2D eigenvalue weighted by atomic mass is 10.1. The zero-order valence-electron chi connectivity index (χ0n) is 8.53. The van der Waals surface area contributed by atoms with Gasteiger partial charge in [-0.15, -0.1) is 0 Å². The quantitative estimate of drug-likeness (QED) is 0.316. The lowest BCUT2D eigenvalue weighted by molar-refractivity contribution is -0.156. The second-order valence-electron chi connectivity index (χ2n) is 3.68. The molecule has 1 aliphatic rings. The Hall–Kier alpha value is -1.14. The van der Waals surface area contributed by atoms with E-state index in [-0.39, 0.29) is 6.54 Å². The van der Waals surface area contributed by atoms with Crippen LogP contribution in [0, 0.1) is 0 Å². The van der Waals surface area contributed by atoms with Crippen LogP contribution in [0.5, 0.6) is 0 Å². The fourth-order valence-corrected chi connectivity index (χ4v) is 1.44. The van der Waals surface area contributed by atoms with Crippen LogP contribution in [0.25, 0.3) is 10.4 Å². The number of carbonyl (C=O) groups is 1. The topological polar surface area (TPSA) is 105 Å². The van der Waals surface area contributed by atoms with Crippen LogP contribution in [0.3, 0.4) is 0 Å². The third kappa shape index (κ3) is 2.90. The average Bonchev–Trinajstić information content (AvgIpc) is 2.50. The van der Waals surface area contributed by atoms with Crippen molar-refractivity contribution in [2.75, 3.05) is 6.54 Å². The third-order valence-corrected chi connectivity index (χ3v) is 2.01. The minimum absolute atomic E-state index is 0.148. The molecular weight excluding hydrogens is 202 g/mol. The molecule has 1 fully saturated rings. The highest BCUT2D eigenvalue weighted by atomic mass is 16.8. The van der Waals surface area contributed by atoms with E-state index in [1.54, 1.807) is 13.8 Å². The molecule has 0 spiro atoms. The Morgan fingerprint density at radius 3 is 2.87 bits per heavy atom. The molecule has 0 aromatic heterocycles. The summed E-state index contributed by atoms with van der Waals surface area (Å²) in [6, 6.07) is 0. The fraction of sp³-hybridized carbons (Fsp3) is 0.875. The number of hydrogen-bond acceptors (Lipinski definition) is 5. The fourth-order valence-electron chi connectivity index (χ4n) is 1.44. The Labute approximate surface area is 86.6 Å². The summed E-state index contributed by atoms with van der Waals surface area (Å²) >= 11 is 0. The van der Waals surface area contributed by atoms with Crippen LogP contribution in [-0.2, 0) is 14.3 Å². The highest BCUT2D eigenvalue weighted by Gasteiger charge is 2.44. The van der Waals surface area contributed by atoms with Crippen molar-refractivity contribution in [3.8, 4) is 0 Å². The molecular formula is C8H13N3O4. The SMILES string of the molecule is CC1(C)O[C@@H]([C@@H](O)CN=[N+]=[N-])[C@@H](C=O)O1. The molecule has 1 aliphatic heterocycles. The maximum Gasteiger partial charge on any atom is 0.164 e. The molecule has 7 heteroatoms. The second kappa shape index (κ2) is 4.59. The van der Waals surface area contributed by atoms with Gasteiger partial charge in [0.1, 0.15) is 12.2 Å². The van der Waals surface area contributed by atoms with Crippen LogP contribution in [0.4, 0.5) is 0 Å². The number of carbonyl (C=O) groups excluding carboxylic acids is 1. The molecule has 0 unspecified atom stereocenters. The molecule has 0 radical (unpaired) electrons. The van der Waals surface area contributed by atoms with Crippen molar-refractivity contribution >= 4 is 6.29 Å². The standard InChI is InChI=1S/C8H13N3O4/c1-8(2)14-6(4-12)7(15-8)5(13)3-10-11-9/h4-7,13H,3H2,1-2H3/t5-,6+,7-/m0/s1. The van der Waals surface area contributed by atoms with Crippen molar-refractivity contribution in [1.82, 2.24) is 0 Å². The van der Waals surface area contributed by atoms with Crippen LogP contribution in [0.15, 0.2) is 5.11 Å². The van der Waals surface area contributed by atoms with Gasteiger partial charge in [-0.2, -0.15) is 0 Å². The molecule has 15 heavy (non-hydrogen) atoms. The molecule has 1 rings (SSSR count). The van der Waals surface area contributed by atoms with E-state index in [9.17, 15) is 9.90 Å². The minimum atomic E-state index is -1.04. The maximum atomic E-state index is 10.7. The van der Waals surface area contributed by atoms with Crippen molar-refractivity contribution in [3.63, 3.8) is 0 Å². The molecule has 7 nitrogen and oxygen atoms in total. The lowest BCUT2D eigenvalue weighted by Gasteiger charge is -2.19. The zero-order valence-corrected chi connectivity index (χ0v) is 8.53. The van der Waals surface area contributed by atoms with E-state index in [1.807, 2.05) is 0 Å². The lowest BCUT2D eigenvalue weighted by Crippen LogP contribution is -2.38. The van der Waals surface area contributed by atoms with Gasteiger partial charge < -0.3 is 19.4 Å². The first-order valence-corrected chi connectivity index (χ1v) is 4.50. The van der Waals surface area contributed by atoms with Gasteiger partial charge in [0.05, 0.1) is 12.6 Å². The summed E-state index contributed by atoms with van der Waals surface area (Å²) in [5.74, 6) is -0.909. The number of aldehydes is 1. The van der Waals surface area contributed by atoms with Crippen LogP contribution in [0.1, 0.15) is 13.8 Å². The van der Waals surface area contributed by atoms with E-state index in [2.05, 4.69) is 10.0 Å². The van der Waals surface area contributed by atoms with Gasteiger partial charge in [-0.25, -0.2) is 0 Å². The van der Waals surface area contributed by atoms with Crippen molar-refractivity contribution in [1.29, 1.82) is 0 Å². The van der Waals surface area contributed by atoms with Gasteiger partial charge in [0.2, 0.25) is 0 Å². The average molecular weight is 215 g/mol. The number of hydrogen-bond donors (Lipinski definition) is 1. The highest BCUT2D eigenvalue weighted by Crippen LogP contribution is 2.29. The number of rotatable bonds is 4. The van der Waals surface area contributed by atoms with E-state index < -0.39 is 24.1 Å². The van der Waals surface area contributed by atoms with E-state index in [1.165, 1.54) is 0 Å². The van der Waals surface area contributed by atoms with E-state index in [4.69, 9.17) is 15.0 Å². The maximum absolute atomic E-state index is 10.7. The van der Waals surface area contributed by atoms with Crippen molar-refractivity contribution < 1.29 is 19.4 Å². The van der Waals surface area contributed by atoms with Crippen molar-refractivity contribution in [3.05, 3.63) is 10.4 Å².